The number of thiazole rings is 2. The lowest BCUT2D eigenvalue weighted by Crippen LogP contribution is -2.05. The van der Waals surface area contributed by atoms with Gasteiger partial charge < -0.3 is 4.74 Å². The van der Waals surface area contributed by atoms with Crippen molar-refractivity contribution < 1.29 is 18.3 Å². The highest BCUT2D eigenvalue weighted by Gasteiger charge is 2.25. The van der Waals surface area contributed by atoms with Crippen LogP contribution in [0.2, 0.25) is 0 Å². The van der Waals surface area contributed by atoms with Gasteiger partial charge >= 0.3 is 5.97 Å². The van der Waals surface area contributed by atoms with Gasteiger partial charge in [-0.1, -0.05) is 30.3 Å². The van der Waals surface area contributed by atoms with Crippen LogP contribution in [0.3, 0.4) is 0 Å². The molecule has 5 nitrogen and oxygen atoms in total. The van der Waals surface area contributed by atoms with Gasteiger partial charge in [-0.3, -0.25) is 0 Å². The molecule has 0 unspecified atom stereocenters. The molecule has 0 atom stereocenters. The van der Waals surface area contributed by atoms with E-state index in [4.69, 9.17) is 4.74 Å². The number of hydrogen-bond donors (Lipinski definition) is 0. The first-order chi connectivity index (χ1) is 15.5. The highest BCUT2D eigenvalue weighted by Crippen LogP contribution is 2.39. The van der Waals surface area contributed by atoms with Crippen LogP contribution < -0.4 is 0 Å². The van der Waals surface area contributed by atoms with E-state index in [-0.39, 0.29) is 17.2 Å². The van der Waals surface area contributed by atoms with Gasteiger partial charge in [-0.2, -0.15) is 5.10 Å². The van der Waals surface area contributed by atoms with Gasteiger partial charge in [0.1, 0.15) is 21.3 Å². The first-order valence-electron chi connectivity index (χ1n) is 9.61. The van der Waals surface area contributed by atoms with Crippen molar-refractivity contribution in [2.45, 2.75) is 13.5 Å². The van der Waals surface area contributed by atoms with Gasteiger partial charge in [0, 0.05) is 17.1 Å². The molecule has 0 saturated heterocycles. The van der Waals surface area contributed by atoms with E-state index in [1.807, 2.05) is 48.8 Å². The molecule has 0 amide bonds. The van der Waals surface area contributed by atoms with Crippen molar-refractivity contribution in [1.82, 2.24) is 14.6 Å². The highest BCUT2D eigenvalue weighted by molar-refractivity contribution is 7.19. The van der Waals surface area contributed by atoms with Crippen LogP contribution in [-0.4, -0.2) is 20.6 Å². The van der Waals surface area contributed by atoms with Crippen LogP contribution in [0, 0.1) is 18.6 Å². The van der Waals surface area contributed by atoms with Crippen molar-refractivity contribution >= 4 is 33.5 Å². The molecule has 0 radical (unpaired) electrons. The maximum atomic E-state index is 14.0. The van der Waals surface area contributed by atoms with E-state index in [2.05, 4.69) is 10.1 Å². The monoisotopic (exact) mass is 467 g/mol. The standard InChI is InChI=1S/C23H15F2N3O2S2/c1-13-18(22-28(27-13)9-10-31-22)21-26-19(15-7-8-16(24)17(25)11-15)20(32-21)23(29)30-12-14-5-3-2-4-6-14/h2-11H,12H2,1H3. The van der Waals surface area contributed by atoms with Crippen LogP contribution in [0.4, 0.5) is 8.78 Å². The Morgan fingerprint density at radius 1 is 1.12 bits per heavy atom. The molecule has 0 fully saturated rings. The molecule has 5 rings (SSSR count). The molecular formula is C23H15F2N3O2S2. The topological polar surface area (TPSA) is 56.5 Å². The quantitative estimate of drug-likeness (QED) is 0.292. The molecule has 0 spiro atoms. The molecule has 0 bridgehead atoms. The van der Waals surface area contributed by atoms with Crippen molar-refractivity contribution in [3.8, 4) is 21.8 Å². The van der Waals surface area contributed by atoms with Gasteiger partial charge in [-0.15, -0.1) is 22.7 Å². The molecule has 3 aromatic heterocycles. The fraction of sp³-hybridized carbons (Fsp3) is 0.0870. The number of rotatable bonds is 5. The first kappa shape index (κ1) is 20.5. The number of carbonyl (C=O) groups is 1. The normalized spacial score (nSPS) is 11.2. The van der Waals surface area contributed by atoms with Crippen molar-refractivity contribution in [3.63, 3.8) is 0 Å². The van der Waals surface area contributed by atoms with Crippen molar-refractivity contribution in [1.29, 1.82) is 0 Å². The van der Waals surface area contributed by atoms with Gasteiger partial charge in [0.2, 0.25) is 0 Å². The molecule has 9 heteroatoms. The summed E-state index contributed by atoms with van der Waals surface area (Å²) in [6.07, 6.45) is 1.84. The van der Waals surface area contributed by atoms with E-state index in [9.17, 15) is 13.6 Å². The summed E-state index contributed by atoms with van der Waals surface area (Å²) in [5, 5.41) is 6.94. The molecule has 32 heavy (non-hydrogen) atoms. The van der Waals surface area contributed by atoms with Crippen LogP contribution >= 0.6 is 22.7 Å². The average Bonchev–Trinajstić information content (AvgIpc) is 3.49. The van der Waals surface area contributed by atoms with E-state index in [1.165, 1.54) is 17.4 Å². The zero-order valence-corrected chi connectivity index (χ0v) is 18.3. The lowest BCUT2D eigenvalue weighted by molar-refractivity contribution is 0.0479. The highest BCUT2D eigenvalue weighted by atomic mass is 32.1. The summed E-state index contributed by atoms with van der Waals surface area (Å²) < 4.78 is 34.7. The lowest BCUT2D eigenvalue weighted by Gasteiger charge is -2.05. The predicted octanol–water partition coefficient (Wildman–Crippen LogP) is 6.13. The Hall–Kier alpha value is -3.43. The van der Waals surface area contributed by atoms with Crippen LogP contribution in [0.25, 0.3) is 26.7 Å². The third-order valence-electron chi connectivity index (χ3n) is 4.86. The molecule has 0 aliphatic carbocycles. The van der Waals surface area contributed by atoms with Crippen LogP contribution in [0.15, 0.2) is 60.1 Å². The zero-order valence-electron chi connectivity index (χ0n) is 16.7. The van der Waals surface area contributed by atoms with Gasteiger partial charge in [-0.25, -0.2) is 23.1 Å². The van der Waals surface area contributed by atoms with E-state index in [0.717, 1.165) is 45.1 Å². The van der Waals surface area contributed by atoms with Crippen LogP contribution in [-0.2, 0) is 11.3 Å². The van der Waals surface area contributed by atoms with Crippen molar-refractivity contribution in [2.24, 2.45) is 0 Å². The Morgan fingerprint density at radius 3 is 2.72 bits per heavy atom. The van der Waals surface area contributed by atoms with Crippen molar-refractivity contribution in [2.75, 3.05) is 0 Å². The number of nitrogens with zero attached hydrogens (tertiary/aromatic N) is 3. The number of hydrogen-bond acceptors (Lipinski definition) is 6. The predicted molar refractivity (Wildman–Crippen MR) is 120 cm³/mol. The summed E-state index contributed by atoms with van der Waals surface area (Å²) in [7, 11) is 0. The summed E-state index contributed by atoms with van der Waals surface area (Å²) in [6.45, 7) is 1.95. The number of benzene rings is 2. The van der Waals surface area contributed by atoms with E-state index in [1.54, 1.807) is 4.52 Å². The van der Waals surface area contributed by atoms with Gasteiger partial charge in [0.15, 0.2) is 11.6 Å². The minimum atomic E-state index is -1.01. The summed E-state index contributed by atoms with van der Waals surface area (Å²) in [5.74, 6) is -2.56. The number of halogens is 2. The van der Waals surface area contributed by atoms with Gasteiger partial charge in [0.25, 0.3) is 0 Å². The average molecular weight is 468 g/mol. The van der Waals surface area contributed by atoms with Gasteiger partial charge in [0.05, 0.1) is 17.0 Å². The molecule has 160 valence electrons. The molecule has 2 aromatic carbocycles. The number of fused-ring (bicyclic) bond motifs is 1. The molecule has 0 aliphatic heterocycles. The maximum absolute atomic E-state index is 14.0. The number of esters is 1. The maximum Gasteiger partial charge on any atom is 0.350 e. The SMILES string of the molecule is Cc1nn2ccsc2c1-c1nc(-c2ccc(F)c(F)c2)c(C(=O)OCc2ccccc2)s1. The van der Waals surface area contributed by atoms with Crippen LogP contribution in [0.1, 0.15) is 20.9 Å². The number of aromatic nitrogens is 3. The second-order valence-corrected chi connectivity index (χ2v) is 8.89. The zero-order chi connectivity index (χ0) is 22.2. The van der Waals surface area contributed by atoms with Crippen LogP contribution in [0.5, 0.6) is 0 Å². The smallest absolute Gasteiger partial charge is 0.350 e. The lowest BCUT2D eigenvalue weighted by atomic mass is 10.1. The molecule has 0 saturated carbocycles. The Bertz CT molecular complexity index is 1440. The molecule has 0 N–H and O–H groups in total. The Kier molecular flexibility index (Phi) is 5.28. The number of carbonyl (C=O) groups excluding carboxylic acids is 1. The Labute approximate surface area is 189 Å². The molecule has 5 aromatic rings. The second kappa shape index (κ2) is 8.25. The number of aryl methyl sites for hydroxylation is 1. The largest absolute Gasteiger partial charge is 0.457 e. The Morgan fingerprint density at radius 2 is 1.94 bits per heavy atom. The van der Waals surface area contributed by atoms with Crippen molar-refractivity contribution in [3.05, 3.63) is 87.9 Å². The number of ether oxygens (including phenoxy) is 1. The first-order valence-corrected chi connectivity index (χ1v) is 11.3. The third kappa shape index (κ3) is 3.69. The van der Waals surface area contributed by atoms with E-state index >= 15 is 0 Å². The molecule has 0 aliphatic rings. The summed E-state index contributed by atoms with van der Waals surface area (Å²) in [4.78, 5) is 18.8. The van der Waals surface area contributed by atoms with E-state index < -0.39 is 17.6 Å². The minimum absolute atomic E-state index is 0.0894. The Balaban J connectivity index is 1.59. The summed E-state index contributed by atoms with van der Waals surface area (Å²) in [5.41, 5.74) is 2.94. The van der Waals surface area contributed by atoms with Gasteiger partial charge in [-0.05, 0) is 30.7 Å². The second-order valence-electron chi connectivity index (χ2n) is 7.00. The van der Waals surface area contributed by atoms with E-state index in [0.29, 0.717) is 10.6 Å². The third-order valence-corrected chi connectivity index (χ3v) is 6.78. The fourth-order valence-electron chi connectivity index (χ4n) is 3.33. The molecule has 3 heterocycles. The molecular weight excluding hydrogens is 452 g/mol. The summed E-state index contributed by atoms with van der Waals surface area (Å²) >= 11 is 2.65. The summed E-state index contributed by atoms with van der Waals surface area (Å²) in [6, 6.07) is 12.7. The fourth-order valence-corrected chi connectivity index (χ4v) is 5.35. The minimum Gasteiger partial charge on any atom is -0.457 e.